The first-order valence-electron chi connectivity index (χ1n) is 19.5. The molecule has 1 nitrogen and oxygen atoms in total. The van der Waals surface area contributed by atoms with Crippen molar-refractivity contribution in [2.24, 2.45) is 0 Å². The molecule has 0 N–H and O–H groups in total. The van der Waals surface area contributed by atoms with Gasteiger partial charge >= 0.3 is 0 Å². The molecule has 7 aromatic carbocycles. The minimum Gasteiger partial charge on any atom is -0.310 e. The molecule has 0 unspecified atom stereocenters. The third-order valence-electron chi connectivity index (χ3n) is 10.8. The van der Waals surface area contributed by atoms with Gasteiger partial charge in [0, 0.05) is 22.5 Å². The zero-order valence-corrected chi connectivity index (χ0v) is 31.7. The summed E-state index contributed by atoms with van der Waals surface area (Å²) in [6.07, 6.45) is 0. The Morgan fingerprint density at radius 3 is 1.63 bits per heavy atom. The Morgan fingerprint density at radius 2 is 0.962 bits per heavy atom. The van der Waals surface area contributed by atoms with Crippen LogP contribution in [0.5, 0.6) is 0 Å². The fourth-order valence-corrected chi connectivity index (χ4v) is 8.57. The second-order valence-electron chi connectivity index (χ2n) is 16.9. The summed E-state index contributed by atoms with van der Waals surface area (Å²) in [4.78, 5) is 2.28. The molecular weight excluding hydrogens is 627 g/mol. The molecule has 0 saturated carbocycles. The highest BCUT2D eigenvalue weighted by Crippen LogP contribution is 2.50. The molecule has 0 radical (unpaired) electrons. The van der Waals surface area contributed by atoms with Gasteiger partial charge in [0.15, 0.2) is 0 Å². The van der Waals surface area contributed by atoms with Gasteiger partial charge in [-0.1, -0.05) is 165 Å². The van der Waals surface area contributed by atoms with Gasteiger partial charge in [-0.15, -0.1) is 0 Å². The van der Waals surface area contributed by atoms with Gasteiger partial charge in [0.05, 0.1) is 2.74 Å². The number of anilines is 3. The maximum absolute atomic E-state index is 9.35. The lowest BCUT2D eigenvalue weighted by Gasteiger charge is -2.30. The van der Waals surface area contributed by atoms with Crippen LogP contribution in [-0.4, -0.2) is 0 Å². The maximum atomic E-state index is 9.35. The molecule has 1 aliphatic rings. The molecule has 0 aromatic heterocycles. The van der Waals surface area contributed by atoms with E-state index in [2.05, 4.69) is 176 Å². The van der Waals surface area contributed by atoms with Crippen molar-refractivity contribution < 1.29 is 2.74 Å². The lowest BCUT2D eigenvalue weighted by Crippen LogP contribution is -2.17. The first-order valence-corrected chi connectivity index (χ1v) is 18.5. The molecule has 0 aliphatic heterocycles. The van der Waals surface area contributed by atoms with Crippen molar-refractivity contribution in [2.75, 3.05) is 4.90 Å². The summed E-state index contributed by atoms with van der Waals surface area (Å²) >= 11 is 0. The van der Waals surface area contributed by atoms with Gasteiger partial charge in [0.2, 0.25) is 0 Å². The fourth-order valence-electron chi connectivity index (χ4n) is 8.57. The molecule has 0 bridgehead atoms. The van der Waals surface area contributed by atoms with E-state index in [0.717, 1.165) is 28.0 Å². The average Bonchev–Trinajstić information content (AvgIpc) is 3.38. The van der Waals surface area contributed by atoms with Crippen molar-refractivity contribution in [3.05, 3.63) is 173 Å². The molecule has 52 heavy (non-hydrogen) atoms. The molecule has 0 atom stereocenters. The molecule has 0 saturated heterocycles. The summed E-state index contributed by atoms with van der Waals surface area (Å²) in [7, 11) is 0. The van der Waals surface area contributed by atoms with Crippen LogP contribution in [0, 0.1) is 0 Å². The van der Waals surface area contributed by atoms with E-state index in [4.69, 9.17) is 0 Å². The van der Waals surface area contributed by atoms with Crippen molar-refractivity contribution in [3.8, 4) is 11.1 Å². The highest BCUT2D eigenvalue weighted by molar-refractivity contribution is 6.08. The summed E-state index contributed by atoms with van der Waals surface area (Å²) in [6.45, 7) is 18.3. The minimum absolute atomic E-state index is 0.0770. The summed E-state index contributed by atoms with van der Waals surface area (Å²) in [5, 5.41) is 4.93. The van der Waals surface area contributed by atoms with Gasteiger partial charge < -0.3 is 4.90 Å². The largest absolute Gasteiger partial charge is 0.310 e. The van der Waals surface area contributed by atoms with E-state index in [9.17, 15) is 2.74 Å². The zero-order chi connectivity index (χ0) is 38.2. The number of fused-ring (bicyclic) bond motifs is 5. The standard InChI is InChI=1S/C51H49N/c1-49(2,3)47-41-19-12-13-20-42(41)48(50(4,5)6)44-32-35(26-30-43(44)47)23-22-34-24-27-37(28-25-34)52(36-16-10-9-11-17-36)38-29-31-40-39-18-14-15-21-45(39)51(7,8)46(40)33-38/h9-33H,1-8H3/b23-22+/i22D,23D. The van der Waals surface area contributed by atoms with E-state index in [1.807, 2.05) is 24.3 Å². The first kappa shape index (κ1) is 31.3. The first-order chi connectivity index (χ1) is 25.7. The quantitative estimate of drug-likeness (QED) is 0.129. The van der Waals surface area contributed by atoms with Crippen LogP contribution in [-0.2, 0) is 16.2 Å². The number of nitrogens with zero attached hydrogens (tertiary/aromatic N) is 1. The highest BCUT2D eigenvalue weighted by atomic mass is 15.1. The molecule has 0 fully saturated rings. The van der Waals surface area contributed by atoms with E-state index >= 15 is 0 Å². The number of rotatable bonds is 5. The van der Waals surface area contributed by atoms with Gasteiger partial charge in [-0.25, -0.2) is 0 Å². The molecule has 0 heterocycles. The van der Waals surface area contributed by atoms with Crippen molar-refractivity contribution in [1.29, 1.82) is 0 Å². The Morgan fingerprint density at radius 1 is 0.462 bits per heavy atom. The summed E-state index contributed by atoms with van der Waals surface area (Å²) in [6, 6.07) is 49.7. The Labute approximate surface area is 313 Å². The topological polar surface area (TPSA) is 3.24 Å². The number of hydrogen-bond donors (Lipinski definition) is 0. The number of para-hydroxylation sites is 1. The van der Waals surface area contributed by atoms with Gasteiger partial charge in [-0.3, -0.25) is 0 Å². The van der Waals surface area contributed by atoms with Crippen LogP contribution in [0.4, 0.5) is 17.1 Å². The fraction of sp³-hybridized carbons (Fsp3) is 0.216. The smallest absolute Gasteiger partial charge is 0.0629 e. The van der Waals surface area contributed by atoms with Gasteiger partial charge in [0.1, 0.15) is 0 Å². The molecule has 1 aliphatic carbocycles. The Kier molecular flexibility index (Phi) is 7.46. The van der Waals surface area contributed by atoms with E-state index in [1.165, 1.54) is 49.5 Å². The predicted molar refractivity (Wildman–Crippen MR) is 226 cm³/mol. The van der Waals surface area contributed by atoms with E-state index < -0.39 is 0 Å². The lowest BCUT2D eigenvalue weighted by atomic mass is 9.74. The molecule has 8 rings (SSSR count). The molecular formula is C51H49N. The third kappa shape index (κ3) is 5.73. The zero-order valence-electron chi connectivity index (χ0n) is 33.7. The average molecular weight is 678 g/mol. The second kappa shape index (κ2) is 12.4. The Balaban J connectivity index is 1.21. The predicted octanol–water partition coefficient (Wildman–Crippen LogP) is 14.5. The van der Waals surface area contributed by atoms with E-state index in [0.29, 0.717) is 5.56 Å². The summed E-state index contributed by atoms with van der Waals surface area (Å²) in [5.41, 5.74) is 12.2. The maximum Gasteiger partial charge on any atom is 0.0629 e. The normalized spacial score (nSPS) is 14.8. The molecule has 258 valence electrons. The number of hydrogen-bond acceptors (Lipinski definition) is 1. The van der Waals surface area contributed by atoms with Crippen LogP contribution in [0.15, 0.2) is 140 Å². The highest BCUT2D eigenvalue weighted by Gasteiger charge is 2.35. The van der Waals surface area contributed by atoms with E-state index in [1.54, 1.807) is 0 Å². The van der Waals surface area contributed by atoms with Gasteiger partial charge in [0.25, 0.3) is 0 Å². The van der Waals surface area contributed by atoms with Gasteiger partial charge in [-0.05, 0) is 119 Å². The summed E-state index contributed by atoms with van der Waals surface area (Å²) < 4.78 is 18.6. The van der Waals surface area contributed by atoms with Crippen molar-refractivity contribution in [3.63, 3.8) is 0 Å². The third-order valence-corrected chi connectivity index (χ3v) is 10.8. The summed E-state index contributed by atoms with van der Waals surface area (Å²) in [5.74, 6) is 0. The molecule has 1 heteroatoms. The lowest BCUT2D eigenvalue weighted by molar-refractivity contribution is 0.593. The van der Waals surface area contributed by atoms with Crippen LogP contribution in [0.25, 0.3) is 44.8 Å². The Bertz CT molecular complexity index is 2600. The molecule has 0 amide bonds. The van der Waals surface area contributed by atoms with Gasteiger partial charge in [-0.2, -0.15) is 0 Å². The van der Waals surface area contributed by atoms with Crippen LogP contribution >= 0.6 is 0 Å². The van der Waals surface area contributed by atoms with Crippen LogP contribution in [0.2, 0.25) is 0 Å². The molecule has 7 aromatic rings. The van der Waals surface area contributed by atoms with Crippen molar-refractivity contribution >= 4 is 50.7 Å². The number of benzene rings is 7. The SMILES string of the molecule is [2H]/C(=C(/[2H])c1ccc2c(C(C)(C)C)c3ccccc3c(C(C)(C)C)c2c1)c1ccc(N(c2ccccc2)c2ccc3c(c2)C(C)(C)c2ccccc2-3)cc1. The van der Waals surface area contributed by atoms with Crippen LogP contribution in [0.1, 0.15) is 91.5 Å². The second-order valence-corrected chi connectivity index (χ2v) is 16.9. The molecule has 0 spiro atoms. The van der Waals surface area contributed by atoms with Crippen LogP contribution in [0.3, 0.4) is 0 Å². The van der Waals surface area contributed by atoms with E-state index in [-0.39, 0.29) is 28.3 Å². The van der Waals surface area contributed by atoms with Crippen molar-refractivity contribution in [2.45, 2.75) is 71.6 Å². The minimum atomic E-state index is -0.123. The Hall–Kier alpha value is -5.40. The monoisotopic (exact) mass is 677 g/mol. The van der Waals surface area contributed by atoms with Crippen molar-refractivity contribution in [1.82, 2.24) is 0 Å². The van der Waals surface area contributed by atoms with Crippen LogP contribution < -0.4 is 4.90 Å².